The Morgan fingerprint density at radius 3 is 2.52 bits per heavy atom. The summed E-state index contributed by atoms with van der Waals surface area (Å²) in [6, 6.07) is 17.3. The second kappa shape index (κ2) is 5.38. The molecule has 7 nitrogen and oxygen atoms in total. The van der Waals surface area contributed by atoms with E-state index >= 15 is 0 Å². The normalized spacial score (nSPS) is 10.8. The predicted molar refractivity (Wildman–Crippen MR) is 88.6 cm³/mol. The molecule has 2 heterocycles. The van der Waals surface area contributed by atoms with E-state index < -0.39 is 0 Å². The summed E-state index contributed by atoms with van der Waals surface area (Å²) in [5.41, 5.74) is 8.56. The summed E-state index contributed by atoms with van der Waals surface area (Å²) < 4.78 is 1.70. The van der Waals surface area contributed by atoms with Crippen LogP contribution in [0.2, 0.25) is 0 Å². The molecule has 2 aromatic heterocycles. The quantitative estimate of drug-likeness (QED) is 0.604. The van der Waals surface area contributed by atoms with Crippen LogP contribution in [0.1, 0.15) is 0 Å². The molecule has 2 aromatic carbocycles. The summed E-state index contributed by atoms with van der Waals surface area (Å²) in [6.45, 7) is 0. The molecule has 0 aliphatic rings. The Bertz CT molecular complexity index is 963. The number of aromatic nitrogens is 5. The van der Waals surface area contributed by atoms with Crippen molar-refractivity contribution in [2.75, 3.05) is 11.1 Å². The fraction of sp³-hybridized carbons (Fsp3) is 0. The summed E-state index contributed by atoms with van der Waals surface area (Å²) in [6.07, 6.45) is 1.45. The highest BCUT2D eigenvalue weighted by molar-refractivity contribution is 5.80. The van der Waals surface area contributed by atoms with E-state index in [-0.39, 0.29) is 0 Å². The molecule has 0 atom stereocenters. The van der Waals surface area contributed by atoms with Crippen molar-refractivity contribution in [3.05, 3.63) is 60.9 Å². The topological polar surface area (TPSA) is 94.5 Å². The Labute approximate surface area is 131 Å². The lowest BCUT2D eigenvalue weighted by Crippen LogP contribution is -2.08. The number of nitrogens with two attached hydrogens (primary N) is 1. The Morgan fingerprint density at radius 2 is 1.65 bits per heavy atom. The van der Waals surface area contributed by atoms with Crippen LogP contribution in [-0.2, 0) is 0 Å². The van der Waals surface area contributed by atoms with Gasteiger partial charge in [-0.25, -0.2) is 19.5 Å². The van der Waals surface area contributed by atoms with Crippen molar-refractivity contribution in [2.45, 2.75) is 0 Å². The van der Waals surface area contributed by atoms with Crippen LogP contribution in [0.4, 0.5) is 17.6 Å². The molecule has 0 saturated carbocycles. The van der Waals surface area contributed by atoms with E-state index in [0.717, 1.165) is 16.7 Å². The first-order valence-corrected chi connectivity index (χ1v) is 7.06. The lowest BCUT2D eigenvalue weighted by Gasteiger charge is -2.07. The number of para-hydroxylation sites is 3. The number of nitrogens with zero attached hydrogens (tertiary/aromatic N) is 5. The van der Waals surface area contributed by atoms with Gasteiger partial charge in [-0.15, -0.1) is 0 Å². The fourth-order valence-electron chi connectivity index (χ4n) is 2.36. The molecule has 0 aliphatic carbocycles. The van der Waals surface area contributed by atoms with Crippen LogP contribution in [0.5, 0.6) is 0 Å². The van der Waals surface area contributed by atoms with E-state index in [0.29, 0.717) is 17.8 Å². The van der Waals surface area contributed by atoms with Crippen LogP contribution in [0.3, 0.4) is 0 Å². The van der Waals surface area contributed by atoms with Crippen LogP contribution in [-0.4, -0.2) is 24.5 Å². The molecular weight excluding hydrogens is 290 g/mol. The zero-order chi connectivity index (χ0) is 15.6. The predicted octanol–water partition coefficient (Wildman–Crippen LogP) is 2.54. The van der Waals surface area contributed by atoms with E-state index in [1.165, 1.54) is 6.33 Å². The average Bonchev–Trinajstić information content (AvgIpc) is 2.92. The van der Waals surface area contributed by atoms with E-state index in [4.69, 9.17) is 5.73 Å². The highest BCUT2D eigenvalue weighted by Crippen LogP contribution is 2.21. The molecule has 0 spiro atoms. The third kappa shape index (κ3) is 2.44. The smallest absolute Gasteiger partial charge is 0.241 e. The molecule has 0 unspecified atom stereocenters. The largest absolute Gasteiger partial charge is 0.369 e. The van der Waals surface area contributed by atoms with Crippen molar-refractivity contribution in [2.24, 2.45) is 0 Å². The summed E-state index contributed by atoms with van der Waals surface area (Å²) >= 11 is 0. The first kappa shape index (κ1) is 13.2. The van der Waals surface area contributed by atoms with Crippen molar-refractivity contribution in [3.63, 3.8) is 0 Å². The number of fused-ring (bicyclic) bond motifs is 1. The SMILES string of the molecule is Nc1nc2ccccc2n1-c1ncnc(Nc2ccccc2)n1. The van der Waals surface area contributed by atoms with Crippen molar-refractivity contribution >= 4 is 28.6 Å². The number of nitrogens with one attached hydrogen (secondary N) is 1. The van der Waals surface area contributed by atoms with Gasteiger partial charge in [-0.05, 0) is 24.3 Å². The molecule has 0 radical (unpaired) electrons. The van der Waals surface area contributed by atoms with E-state index in [1.807, 2.05) is 54.6 Å². The first-order valence-electron chi connectivity index (χ1n) is 7.06. The lowest BCUT2D eigenvalue weighted by molar-refractivity contribution is 0.926. The zero-order valence-electron chi connectivity index (χ0n) is 12.1. The number of benzene rings is 2. The molecule has 4 rings (SSSR count). The maximum atomic E-state index is 6.02. The Hall–Kier alpha value is -3.48. The third-order valence-corrected chi connectivity index (χ3v) is 3.38. The molecule has 7 heteroatoms. The molecular formula is C16H13N7. The minimum Gasteiger partial charge on any atom is -0.369 e. The first-order chi connectivity index (χ1) is 11.3. The van der Waals surface area contributed by atoms with E-state index in [9.17, 15) is 0 Å². The van der Waals surface area contributed by atoms with E-state index in [2.05, 4.69) is 25.3 Å². The molecule has 4 aromatic rings. The monoisotopic (exact) mass is 303 g/mol. The third-order valence-electron chi connectivity index (χ3n) is 3.38. The molecule has 112 valence electrons. The Kier molecular flexibility index (Phi) is 3.09. The van der Waals surface area contributed by atoms with Gasteiger partial charge in [0, 0.05) is 5.69 Å². The van der Waals surface area contributed by atoms with Gasteiger partial charge in [-0.1, -0.05) is 30.3 Å². The molecule has 3 N–H and O–H groups in total. The van der Waals surface area contributed by atoms with E-state index in [1.54, 1.807) is 4.57 Å². The van der Waals surface area contributed by atoms with Crippen molar-refractivity contribution < 1.29 is 0 Å². The van der Waals surface area contributed by atoms with Gasteiger partial charge in [0.2, 0.25) is 17.8 Å². The van der Waals surface area contributed by atoms with Crippen molar-refractivity contribution in [3.8, 4) is 5.95 Å². The Balaban J connectivity index is 1.77. The molecule has 0 bridgehead atoms. The van der Waals surface area contributed by atoms with Crippen LogP contribution in [0, 0.1) is 0 Å². The number of hydrogen-bond acceptors (Lipinski definition) is 6. The van der Waals surface area contributed by atoms with Crippen LogP contribution in [0.25, 0.3) is 17.0 Å². The van der Waals surface area contributed by atoms with Crippen LogP contribution < -0.4 is 11.1 Å². The van der Waals surface area contributed by atoms with Gasteiger partial charge < -0.3 is 11.1 Å². The summed E-state index contributed by atoms with van der Waals surface area (Å²) in [7, 11) is 0. The molecule has 23 heavy (non-hydrogen) atoms. The fourth-order valence-corrected chi connectivity index (χ4v) is 2.36. The Morgan fingerprint density at radius 1 is 0.870 bits per heavy atom. The van der Waals surface area contributed by atoms with Gasteiger partial charge in [0.05, 0.1) is 11.0 Å². The lowest BCUT2D eigenvalue weighted by atomic mass is 10.3. The van der Waals surface area contributed by atoms with Crippen LogP contribution >= 0.6 is 0 Å². The van der Waals surface area contributed by atoms with Gasteiger partial charge in [0.25, 0.3) is 0 Å². The number of hydrogen-bond donors (Lipinski definition) is 2. The zero-order valence-corrected chi connectivity index (χ0v) is 12.1. The van der Waals surface area contributed by atoms with Gasteiger partial charge in [-0.3, -0.25) is 0 Å². The molecule has 0 saturated heterocycles. The van der Waals surface area contributed by atoms with Gasteiger partial charge in [-0.2, -0.15) is 4.98 Å². The second-order valence-corrected chi connectivity index (χ2v) is 4.89. The number of nitrogen functional groups attached to an aromatic ring is 1. The van der Waals surface area contributed by atoms with Crippen molar-refractivity contribution in [1.82, 2.24) is 24.5 Å². The number of rotatable bonds is 3. The molecule has 0 fully saturated rings. The standard InChI is InChI=1S/C16H13N7/c17-14-21-12-8-4-5-9-13(12)23(14)16-19-10-18-15(22-16)20-11-6-2-1-3-7-11/h1-10H,(H2,17,21)(H,18,19,20,22). The molecule has 0 aliphatic heterocycles. The molecule has 0 amide bonds. The van der Waals surface area contributed by atoms with Crippen LogP contribution in [0.15, 0.2) is 60.9 Å². The summed E-state index contributed by atoms with van der Waals surface area (Å²) in [5.74, 6) is 1.20. The summed E-state index contributed by atoms with van der Waals surface area (Å²) in [5, 5.41) is 3.14. The maximum absolute atomic E-state index is 6.02. The highest BCUT2D eigenvalue weighted by Gasteiger charge is 2.12. The minimum absolute atomic E-state index is 0.336. The van der Waals surface area contributed by atoms with Crippen molar-refractivity contribution in [1.29, 1.82) is 0 Å². The van der Waals surface area contributed by atoms with Gasteiger partial charge >= 0.3 is 0 Å². The average molecular weight is 303 g/mol. The summed E-state index contributed by atoms with van der Waals surface area (Å²) in [4.78, 5) is 17.1. The second-order valence-electron chi connectivity index (χ2n) is 4.89. The van der Waals surface area contributed by atoms with Gasteiger partial charge in [0.1, 0.15) is 6.33 Å². The number of imidazole rings is 1. The maximum Gasteiger partial charge on any atom is 0.241 e. The minimum atomic E-state index is 0.336. The highest BCUT2D eigenvalue weighted by atomic mass is 15.3. The van der Waals surface area contributed by atoms with Gasteiger partial charge in [0.15, 0.2) is 0 Å². The number of anilines is 3.